The van der Waals surface area contributed by atoms with E-state index in [4.69, 9.17) is 16.3 Å². The van der Waals surface area contributed by atoms with Crippen molar-refractivity contribution in [1.29, 1.82) is 0 Å². The molecule has 1 saturated carbocycles. The number of fused-ring (bicyclic) bond motifs is 2. The summed E-state index contributed by atoms with van der Waals surface area (Å²) in [5, 5.41) is 19.8. The summed E-state index contributed by atoms with van der Waals surface area (Å²) in [6, 6.07) is 6.43. The van der Waals surface area contributed by atoms with E-state index in [1.807, 2.05) is 12.1 Å². The van der Waals surface area contributed by atoms with Crippen LogP contribution in [0.2, 0.25) is 5.02 Å². The van der Waals surface area contributed by atoms with Gasteiger partial charge < -0.3 is 25.8 Å². The van der Waals surface area contributed by atoms with Crippen molar-refractivity contribution in [3.8, 4) is 0 Å². The van der Waals surface area contributed by atoms with E-state index in [1.165, 1.54) is 0 Å². The van der Waals surface area contributed by atoms with Crippen molar-refractivity contribution in [2.75, 3.05) is 32.1 Å². The molecule has 1 aromatic rings. The molecular weight excluding hydrogens is 580 g/mol. The predicted octanol–water partition coefficient (Wildman–Crippen LogP) is 3.71. The van der Waals surface area contributed by atoms with Crippen LogP contribution in [0, 0.1) is 11.8 Å². The van der Waals surface area contributed by atoms with Crippen molar-refractivity contribution >= 4 is 33.6 Å². The van der Waals surface area contributed by atoms with Crippen molar-refractivity contribution in [2.24, 2.45) is 11.8 Å². The number of nitrogens with one attached hydrogen (secondary N) is 3. The molecule has 10 nitrogen and oxygen atoms in total. The SMILES string of the molecule is O=C(O)N[C@H](C(=O)N[C@H]1CCCC[C@@H]1CC[C@H]1CN[C@@H]2CCCS(=O)(=O)N1C2)[C@@H](c1ccc(Cl)cc1)C1CCOCC1. The first-order chi connectivity index (χ1) is 20.2. The number of carbonyl (C=O) groups excluding carboxylic acids is 1. The first-order valence-corrected chi connectivity index (χ1v) is 17.6. The van der Waals surface area contributed by atoms with E-state index >= 15 is 0 Å². The maximum Gasteiger partial charge on any atom is 0.405 e. The van der Waals surface area contributed by atoms with E-state index in [9.17, 15) is 23.1 Å². The molecule has 4 fully saturated rings. The highest BCUT2D eigenvalue weighted by molar-refractivity contribution is 7.89. The van der Waals surface area contributed by atoms with Crippen LogP contribution in [0.4, 0.5) is 4.79 Å². The van der Waals surface area contributed by atoms with Crippen molar-refractivity contribution in [3.63, 3.8) is 0 Å². The largest absolute Gasteiger partial charge is 0.465 e. The number of benzene rings is 1. The van der Waals surface area contributed by atoms with Crippen LogP contribution in [0.15, 0.2) is 24.3 Å². The summed E-state index contributed by atoms with van der Waals surface area (Å²) < 4.78 is 33.2. The first-order valence-electron chi connectivity index (χ1n) is 15.6. The fourth-order valence-corrected chi connectivity index (χ4v) is 9.55. The van der Waals surface area contributed by atoms with Gasteiger partial charge in [0.1, 0.15) is 6.04 Å². The summed E-state index contributed by atoms with van der Waals surface area (Å²) in [4.78, 5) is 26.0. The third-order valence-electron chi connectivity index (χ3n) is 9.82. The van der Waals surface area contributed by atoms with Crippen LogP contribution in [-0.2, 0) is 19.6 Å². The number of rotatable bonds is 9. The number of halogens is 1. The Hall–Kier alpha value is -1.92. The summed E-state index contributed by atoms with van der Waals surface area (Å²) in [5.41, 5.74) is 0.877. The average molecular weight is 625 g/mol. The quantitative estimate of drug-likeness (QED) is 0.329. The number of piperazine rings is 1. The van der Waals surface area contributed by atoms with E-state index < -0.39 is 22.2 Å². The highest BCUT2D eigenvalue weighted by atomic mass is 35.5. The molecule has 0 aromatic heterocycles. The Bertz CT molecular complexity index is 1180. The first kappa shape index (κ1) is 31.5. The summed E-state index contributed by atoms with van der Waals surface area (Å²) in [6.45, 7) is 2.35. The van der Waals surface area contributed by atoms with Gasteiger partial charge >= 0.3 is 6.09 Å². The van der Waals surface area contributed by atoms with Gasteiger partial charge in [-0.05, 0) is 80.9 Å². The molecule has 234 valence electrons. The lowest BCUT2D eigenvalue weighted by atomic mass is 9.76. The lowest BCUT2D eigenvalue weighted by molar-refractivity contribution is -0.125. The highest BCUT2D eigenvalue weighted by Gasteiger charge is 2.41. The molecule has 12 heteroatoms. The number of carboxylic acid groups (broad SMARTS) is 1. The van der Waals surface area contributed by atoms with Gasteiger partial charge in [-0.1, -0.05) is 36.6 Å². The minimum atomic E-state index is -3.26. The third kappa shape index (κ3) is 7.77. The van der Waals surface area contributed by atoms with Gasteiger partial charge in [-0.15, -0.1) is 0 Å². The molecule has 3 heterocycles. The summed E-state index contributed by atoms with van der Waals surface area (Å²) in [7, 11) is -3.26. The normalized spacial score (nSPS) is 31.3. The Kier molecular flexibility index (Phi) is 10.7. The van der Waals surface area contributed by atoms with Gasteiger partial charge in [0, 0.05) is 55.4 Å². The molecule has 3 aliphatic heterocycles. The number of sulfonamides is 1. The van der Waals surface area contributed by atoms with Gasteiger partial charge in [0.25, 0.3) is 0 Å². The van der Waals surface area contributed by atoms with Crippen LogP contribution < -0.4 is 16.0 Å². The molecule has 7 atom stereocenters. The molecule has 3 saturated heterocycles. The average Bonchev–Trinajstić information content (AvgIpc) is 3.09. The zero-order valence-corrected chi connectivity index (χ0v) is 25.8. The monoisotopic (exact) mass is 624 g/mol. The smallest absolute Gasteiger partial charge is 0.405 e. The summed E-state index contributed by atoms with van der Waals surface area (Å²) in [5.74, 6) is -0.179. The molecule has 5 rings (SSSR count). The number of carbonyl (C=O) groups is 2. The fourth-order valence-electron chi connectivity index (χ4n) is 7.62. The standard InChI is InChI=1S/C30H45ClN4O6S/c31-23-10-7-21(8-11-23)27(22-13-15-41-16-14-22)28(34-30(37)38)29(36)33-26-6-2-1-4-20(26)9-12-25-18-32-24-5-3-17-42(39,40)35(25)19-24/h7-8,10-11,20,22,24-28,32,34H,1-6,9,12-19H2,(H,33,36)(H,37,38)/t20-,24-,25+,26+,27+,28+/m1/s1. The van der Waals surface area contributed by atoms with Crippen molar-refractivity contribution in [3.05, 3.63) is 34.9 Å². The Morgan fingerprint density at radius 1 is 1.05 bits per heavy atom. The maximum atomic E-state index is 14.0. The molecule has 1 unspecified atom stereocenters. The lowest BCUT2D eigenvalue weighted by Gasteiger charge is -2.40. The van der Waals surface area contributed by atoms with Gasteiger partial charge in [0.05, 0.1) is 5.75 Å². The van der Waals surface area contributed by atoms with Crippen LogP contribution in [-0.4, -0.2) is 86.1 Å². The van der Waals surface area contributed by atoms with Crippen LogP contribution >= 0.6 is 11.6 Å². The van der Waals surface area contributed by atoms with Gasteiger partial charge in [0.2, 0.25) is 15.9 Å². The lowest BCUT2D eigenvalue weighted by Crippen LogP contribution is -2.57. The summed E-state index contributed by atoms with van der Waals surface area (Å²) in [6.07, 6.45) is 7.20. The molecule has 2 amide bonds. The topological polar surface area (TPSA) is 137 Å². The Balaban J connectivity index is 1.30. The second-order valence-electron chi connectivity index (χ2n) is 12.5. The Morgan fingerprint density at radius 3 is 2.52 bits per heavy atom. The molecule has 42 heavy (non-hydrogen) atoms. The van der Waals surface area contributed by atoms with Crippen molar-refractivity contribution < 1.29 is 27.9 Å². The molecule has 4 N–H and O–H groups in total. The molecule has 1 aliphatic carbocycles. The minimum absolute atomic E-state index is 0.0721. The predicted molar refractivity (Wildman–Crippen MR) is 161 cm³/mol. The van der Waals surface area contributed by atoms with E-state index in [-0.39, 0.29) is 47.5 Å². The van der Waals surface area contributed by atoms with Gasteiger partial charge in [0.15, 0.2) is 0 Å². The zero-order valence-electron chi connectivity index (χ0n) is 24.2. The number of amides is 2. The van der Waals surface area contributed by atoms with Crippen LogP contribution in [0.1, 0.15) is 75.7 Å². The van der Waals surface area contributed by atoms with Crippen molar-refractivity contribution in [1.82, 2.24) is 20.3 Å². The number of hydrogen-bond donors (Lipinski definition) is 4. The van der Waals surface area contributed by atoms with Crippen LogP contribution in [0.25, 0.3) is 0 Å². The second kappa shape index (κ2) is 14.2. The van der Waals surface area contributed by atoms with Gasteiger partial charge in [-0.3, -0.25) is 4.79 Å². The molecule has 2 bridgehead atoms. The maximum absolute atomic E-state index is 14.0. The van der Waals surface area contributed by atoms with E-state index in [0.717, 1.165) is 63.4 Å². The summed E-state index contributed by atoms with van der Waals surface area (Å²) >= 11 is 6.16. The van der Waals surface area contributed by atoms with E-state index in [0.29, 0.717) is 37.7 Å². The number of ether oxygens (including phenoxy) is 1. The Labute approximate surface area is 254 Å². The fraction of sp³-hybridized carbons (Fsp3) is 0.733. The van der Waals surface area contributed by atoms with Crippen molar-refractivity contribution in [2.45, 2.75) is 94.3 Å². The van der Waals surface area contributed by atoms with Gasteiger partial charge in [-0.2, -0.15) is 4.31 Å². The third-order valence-corrected chi connectivity index (χ3v) is 12.0. The molecule has 0 radical (unpaired) electrons. The highest BCUT2D eigenvalue weighted by Crippen LogP contribution is 2.37. The Morgan fingerprint density at radius 2 is 1.79 bits per heavy atom. The number of hydrogen-bond acceptors (Lipinski definition) is 6. The minimum Gasteiger partial charge on any atom is -0.465 e. The molecule has 0 spiro atoms. The van der Waals surface area contributed by atoms with Crippen LogP contribution in [0.5, 0.6) is 0 Å². The molecule has 4 aliphatic rings. The van der Waals surface area contributed by atoms with E-state index in [1.54, 1.807) is 16.4 Å². The molecule has 1 aromatic carbocycles. The molecular formula is C30H45ClN4O6S. The van der Waals surface area contributed by atoms with E-state index in [2.05, 4.69) is 16.0 Å². The second-order valence-corrected chi connectivity index (χ2v) is 15.0. The van der Waals surface area contributed by atoms with Gasteiger partial charge in [-0.25, -0.2) is 13.2 Å². The van der Waals surface area contributed by atoms with Crippen LogP contribution in [0.3, 0.4) is 0 Å². The zero-order chi connectivity index (χ0) is 29.7. The number of nitrogens with zero attached hydrogens (tertiary/aromatic N) is 1.